The number of ether oxygens (including phenoxy) is 2. The molecule has 0 fully saturated rings. The number of alkyl halides is 1. The number of hydrogen-bond donors (Lipinski definition) is 2. The molecule has 2 aromatic carbocycles. The van der Waals surface area contributed by atoms with Gasteiger partial charge in [0.05, 0.1) is 31.9 Å². The molecule has 0 bridgehead atoms. The number of imidazole rings is 1. The standard InChI is InChI=1S/C25H26FN5O4/c1-3-17-11-23(32)31(30-24(17)18-6-9-21(34-2)22(10-18)35-14-26)13-16-4-7-19(8-5-16)29-25(33)20-12-27-15-28-20/h4-10,12,15,17H,3,11,13-14H2,1-2H3,(H,27,28)(H,29,33). The van der Waals surface area contributed by atoms with Crippen molar-refractivity contribution in [1.29, 1.82) is 0 Å². The summed E-state index contributed by atoms with van der Waals surface area (Å²) in [5.74, 6) is 0.262. The number of hydrogen-bond acceptors (Lipinski definition) is 6. The molecule has 1 unspecified atom stereocenters. The molecule has 1 aromatic heterocycles. The van der Waals surface area contributed by atoms with Crippen LogP contribution < -0.4 is 14.8 Å². The molecular formula is C25H26FN5O4. The number of H-pyrrole nitrogens is 1. The minimum absolute atomic E-state index is 0.0644. The normalized spacial score (nSPS) is 15.5. The number of amides is 2. The first-order valence-corrected chi connectivity index (χ1v) is 11.2. The third-order valence-corrected chi connectivity index (χ3v) is 5.77. The molecule has 0 saturated carbocycles. The van der Waals surface area contributed by atoms with E-state index in [4.69, 9.17) is 9.47 Å². The minimum atomic E-state index is -0.980. The lowest BCUT2D eigenvalue weighted by molar-refractivity contribution is -0.133. The van der Waals surface area contributed by atoms with E-state index in [1.165, 1.54) is 24.6 Å². The van der Waals surface area contributed by atoms with Crippen molar-refractivity contribution in [2.45, 2.75) is 26.3 Å². The largest absolute Gasteiger partial charge is 0.493 e. The van der Waals surface area contributed by atoms with Crippen LogP contribution in [0.4, 0.5) is 10.1 Å². The van der Waals surface area contributed by atoms with Gasteiger partial charge in [0, 0.05) is 23.6 Å². The number of aromatic amines is 1. The van der Waals surface area contributed by atoms with Gasteiger partial charge in [-0.3, -0.25) is 9.59 Å². The van der Waals surface area contributed by atoms with E-state index in [0.29, 0.717) is 23.6 Å². The Kier molecular flexibility index (Phi) is 7.39. The van der Waals surface area contributed by atoms with Gasteiger partial charge in [-0.25, -0.2) is 14.4 Å². The van der Waals surface area contributed by atoms with Crippen molar-refractivity contribution in [2.75, 3.05) is 19.3 Å². The zero-order chi connectivity index (χ0) is 24.8. The van der Waals surface area contributed by atoms with Crippen LogP contribution in [-0.4, -0.2) is 46.5 Å². The van der Waals surface area contributed by atoms with Gasteiger partial charge in [0.15, 0.2) is 11.5 Å². The quantitative estimate of drug-likeness (QED) is 0.480. The summed E-state index contributed by atoms with van der Waals surface area (Å²) in [6.45, 7) is 1.30. The number of methoxy groups -OCH3 is 1. The number of benzene rings is 2. The lowest BCUT2D eigenvalue weighted by Gasteiger charge is -2.29. The second kappa shape index (κ2) is 10.8. The highest BCUT2D eigenvalue weighted by molar-refractivity contribution is 6.06. The maximum Gasteiger partial charge on any atom is 0.273 e. The van der Waals surface area contributed by atoms with E-state index in [1.807, 2.05) is 25.1 Å². The molecule has 0 spiro atoms. The van der Waals surface area contributed by atoms with E-state index < -0.39 is 6.86 Å². The molecule has 2 heterocycles. The predicted molar refractivity (Wildman–Crippen MR) is 128 cm³/mol. The molecule has 182 valence electrons. The first-order valence-electron chi connectivity index (χ1n) is 11.2. The predicted octanol–water partition coefficient (Wildman–Crippen LogP) is 4.14. The van der Waals surface area contributed by atoms with E-state index in [9.17, 15) is 14.0 Å². The Morgan fingerprint density at radius 1 is 1.23 bits per heavy atom. The number of halogens is 1. The van der Waals surface area contributed by atoms with Crippen LogP contribution in [0.5, 0.6) is 11.5 Å². The molecule has 9 nitrogen and oxygen atoms in total. The van der Waals surface area contributed by atoms with Gasteiger partial charge in [0.2, 0.25) is 12.8 Å². The van der Waals surface area contributed by atoms with Crippen LogP contribution in [0.25, 0.3) is 0 Å². The first-order chi connectivity index (χ1) is 17.0. The van der Waals surface area contributed by atoms with Gasteiger partial charge in [-0.05, 0) is 42.3 Å². The zero-order valence-electron chi connectivity index (χ0n) is 19.5. The molecule has 1 aliphatic rings. The van der Waals surface area contributed by atoms with Crippen molar-refractivity contribution < 1.29 is 23.5 Å². The SMILES string of the molecule is CCC1CC(=O)N(Cc2ccc(NC(=O)c3cnc[nH]3)cc2)N=C1c1ccc(OC)c(OCF)c1. The highest BCUT2D eigenvalue weighted by Crippen LogP contribution is 2.32. The maximum atomic E-state index is 12.8. The summed E-state index contributed by atoms with van der Waals surface area (Å²) in [6.07, 6.45) is 3.93. The van der Waals surface area contributed by atoms with Crippen LogP contribution >= 0.6 is 0 Å². The van der Waals surface area contributed by atoms with E-state index >= 15 is 0 Å². The van der Waals surface area contributed by atoms with Crippen LogP contribution in [-0.2, 0) is 11.3 Å². The lowest BCUT2D eigenvalue weighted by Crippen LogP contribution is -2.36. The van der Waals surface area contributed by atoms with Crippen molar-refractivity contribution in [2.24, 2.45) is 11.0 Å². The summed E-state index contributed by atoms with van der Waals surface area (Å²) >= 11 is 0. The fraction of sp³-hybridized carbons (Fsp3) is 0.280. The van der Waals surface area contributed by atoms with Crippen LogP contribution in [0.1, 0.15) is 41.4 Å². The highest BCUT2D eigenvalue weighted by Gasteiger charge is 2.29. The minimum Gasteiger partial charge on any atom is -0.493 e. The van der Waals surface area contributed by atoms with Gasteiger partial charge < -0.3 is 19.8 Å². The Morgan fingerprint density at radius 3 is 2.69 bits per heavy atom. The second-order valence-corrected chi connectivity index (χ2v) is 7.98. The summed E-state index contributed by atoms with van der Waals surface area (Å²) < 4.78 is 23.2. The molecule has 2 amide bonds. The Hall–Kier alpha value is -4.21. The van der Waals surface area contributed by atoms with Crippen LogP contribution in [0.15, 0.2) is 60.1 Å². The fourth-order valence-electron chi connectivity index (χ4n) is 3.89. The third-order valence-electron chi connectivity index (χ3n) is 5.77. The molecule has 10 heteroatoms. The van der Waals surface area contributed by atoms with Crippen molar-refractivity contribution >= 4 is 23.2 Å². The van der Waals surface area contributed by atoms with Crippen molar-refractivity contribution in [3.8, 4) is 11.5 Å². The number of aromatic nitrogens is 2. The topological polar surface area (TPSA) is 109 Å². The molecule has 35 heavy (non-hydrogen) atoms. The number of anilines is 1. The highest BCUT2D eigenvalue weighted by atomic mass is 19.1. The lowest BCUT2D eigenvalue weighted by atomic mass is 9.89. The molecular weight excluding hydrogens is 453 g/mol. The van der Waals surface area contributed by atoms with Crippen molar-refractivity contribution in [3.63, 3.8) is 0 Å². The van der Waals surface area contributed by atoms with Crippen molar-refractivity contribution in [1.82, 2.24) is 15.0 Å². The number of nitrogens with one attached hydrogen (secondary N) is 2. The van der Waals surface area contributed by atoms with Gasteiger partial charge in [-0.15, -0.1) is 0 Å². The molecule has 0 radical (unpaired) electrons. The average Bonchev–Trinajstić information content (AvgIpc) is 3.42. The van der Waals surface area contributed by atoms with E-state index in [0.717, 1.165) is 23.3 Å². The smallest absolute Gasteiger partial charge is 0.273 e. The van der Waals surface area contributed by atoms with Gasteiger partial charge in [0.25, 0.3) is 5.91 Å². The van der Waals surface area contributed by atoms with Gasteiger partial charge in [-0.2, -0.15) is 5.10 Å². The van der Waals surface area contributed by atoms with Gasteiger partial charge in [-0.1, -0.05) is 19.1 Å². The fourth-order valence-corrected chi connectivity index (χ4v) is 3.89. The Labute approximate surface area is 202 Å². The third kappa shape index (κ3) is 5.48. The second-order valence-electron chi connectivity index (χ2n) is 7.98. The average molecular weight is 480 g/mol. The van der Waals surface area contributed by atoms with E-state index in [-0.39, 0.29) is 30.0 Å². The monoisotopic (exact) mass is 479 g/mol. The van der Waals surface area contributed by atoms with Crippen LogP contribution in [0, 0.1) is 5.92 Å². The van der Waals surface area contributed by atoms with Crippen LogP contribution in [0.2, 0.25) is 0 Å². The summed E-state index contributed by atoms with van der Waals surface area (Å²) in [5.41, 5.74) is 3.32. The van der Waals surface area contributed by atoms with Gasteiger partial charge in [0.1, 0.15) is 5.69 Å². The molecule has 4 rings (SSSR count). The molecule has 0 saturated heterocycles. The number of nitrogens with zero attached hydrogens (tertiary/aromatic N) is 3. The van der Waals surface area contributed by atoms with Gasteiger partial charge >= 0.3 is 0 Å². The van der Waals surface area contributed by atoms with E-state index in [2.05, 4.69) is 20.4 Å². The number of hydrazone groups is 1. The summed E-state index contributed by atoms with van der Waals surface area (Å²) in [7, 11) is 1.49. The molecule has 1 aliphatic heterocycles. The summed E-state index contributed by atoms with van der Waals surface area (Å²) in [4.78, 5) is 31.6. The Morgan fingerprint density at radius 2 is 2.03 bits per heavy atom. The number of carbonyl (C=O) groups is 2. The Bertz CT molecular complexity index is 1210. The number of rotatable bonds is 9. The summed E-state index contributed by atoms with van der Waals surface area (Å²) in [6, 6.07) is 12.4. The van der Waals surface area contributed by atoms with E-state index in [1.54, 1.807) is 24.3 Å². The molecule has 0 aliphatic carbocycles. The first kappa shape index (κ1) is 23.9. The zero-order valence-corrected chi connectivity index (χ0v) is 19.5. The maximum absolute atomic E-state index is 12.8. The van der Waals surface area contributed by atoms with Crippen molar-refractivity contribution in [3.05, 3.63) is 71.8 Å². The molecule has 2 N–H and O–H groups in total. The van der Waals surface area contributed by atoms with Crippen LogP contribution in [0.3, 0.4) is 0 Å². The summed E-state index contributed by atoms with van der Waals surface area (Å²) in [5, 5.41) is 8.90. The number of carbonyl (C=O) groups excluding carboxylic acids is 2. The molecule has 3 aromatic rings. The Balaban J connectivity index is 1.53. The molecule has 1 atom stereocenters.